The predicted octanol–water partition coefficient (Wildman–Crippen LogP) is 4.08. The summed E-state index contributed by atoms with van der Waals surface area (Å²) < 4.78 is 37.6. The highest BCUT2D eigenvalue weighted by Gasteiger charge is 2.23. The Labute approximate surface area is 176 Å². The third-order valence-corrected chi connectivity index (χ3v) is 6.56. The third-order valence-electron chi connectivity index (χ3n) is 4.39. The van der Waals surface area contributed by atoms with Gasteiger partial charge < -0.3 is 0 Å². The number of nitrogens with zero attached hydrogens (tertiary/aromatic N) is 3. The molecule has 2 heterocycles. The van der Waals surface area contributed by atoms with Gasteiger partial charge in [-0.15, -0.1) is 0 Å². The lowest BCUT2D eigenvalue weighted by atomic mass is 10.2. The quantitative estimate of drug-likeness (QED) is 0.466. The number of aromatic nitrogens is 2. The normalized spacial score (nSPS) is 11.5. The van der Waals surface area contributed by atoms with E-state index in [9.17, 15) is 17.6 Å². The largest absolute Gasteiger partial charge is 0.278 e. The fraction of sp³-hybridized carbons (Fsp3) is 0.0952. The molecule has 4 aromatic rings. The lowest BCUT2D eigenvalue weighted by Gasteiger charge is -2.19. The molecule has 30 heavy (non-hydrogen) atoms. The summed E-state index contributed by atoms with van der Waals surface area (Å²) in [7, 11) is -3.37. The van der Waals surface area contributed by atoms with Gasteiger partial charge in [-0.2, -0.15) is 0 Å². The van der Waals surface area contributed by atoms with Gasteiger partial charge in [0.2, 0.25) is 0 Å². The molecule has 152 valence electrons. The van der Waals surface area contributed by atoms with E-state index in [0.717, 1.165) is 6.26 Å². The second-order valence-corrected chi connectivity index (χ2v) is 9.64. The minimum Gasteiger partial charge on any atom is -0.278 e. The molecule has 6 nitrogen and oxygen atoms in total. The molecule has 0 N–H and O–H groups in total. The van der Waals surface area contributed by atoms with Gasteiger partial charge >= 0.3 is 0 Å². The Bertz CT molecular complexity index is 1320. The van der Waals surface area contributed by atoms with Gasteiger partial charge in [-0.3, -0.25) is 14.7 Å². The predicted molar refractivity (Wildman–Crippen MR) is 114 cm³/mol. The monoisotopic (exact) mass is 441 g/mol. The molecule has 1 amide bonds. The van der Waals surface area contributed by atoms with Gasteiger partial charge in [0.05, 0.1) is 27.4 Å². The van der Waals surface area contributed by atoms with Crippen LogP contribution in [-0.2, 0) is 16.4 Å². The molecule has 0 aliphatic rings. The van der Waals surface area contributed by atoms with Crippen molar-refractivity contribution in [1.82, 2.24) is 9.97 Å². The molecule has 0 bridgehead atoms. The Hall–Kier alpha value is -3.17. The zero-order valence-corrected chi connectivity index (χ0v) is 17.5. The number of anilines is 1. The minimum atomic E-state index is -3.37. The lowest BCUT2D eigenvalue weighted by molar-refractivity contribution is 0.0984. The van der Waals surface area contributed by atoms with Crippen LogP contribution in [0.4, 0.5) is 9.52 Å². The van der Waals surface area contributed by atoms with Gasteiger partial charge in [0, 0.05) is 18.0 Å². The molecule has 0 fully saturated rings. The van der Waals surface area contributed by atoms with Crippen molar-refractivity contribution in [2.24, 2.45) is 0 Å². The first-order valence-corrected chi connectivity index (χ1v) is 11.6. The van der Waals surface area contributed by atoms with E-state index in [2.05, 4.69) is 9.97 Å². The number of carbonyl (C=O) groups is 1. The average molecular weight is 442 g/mol. The Morgan fingerprint density at radius 3 is 2.53 bits per heavy atom. The molecule has 9 heteroatoms. The van der Waals surface area contributed by atoms with Gasteiger partial charge in [-0.1, -0.05) is 17.4 Å². The highest BCUT2D eigenvalue weighted by Crippen LogP contribution is 2.31. The van der Waals surface area contributed by atoms with Crippen molar-refractivity contribution in [1.29, 1.82) is 0 Å². The van der Waals surface area contributed by atoms with E-state index in [1.54, 1.807) is 24.4 Å². The molecule has 0 saturated heterocycles. The SMILES string of the molecule is CS(=O)(=O)c1ccc(C(=O)N(Cc2ccccn2)c2nc3ccc(F)cc3s2)cc1. The maximum atomic E-state index is 13.6. The maximum absolute atomic E-state index is 13.6. The highest BCUT2D eigenvalue weighted by atomic mass is 32.2. The van der Waals surface area contributed by atoms with Crippen LogP contribution in [0.5, 0.6) is 0 Å². The van der Waals surface area contributed by atoms with Crippen LogP contribution < -0.4 is 4.90 Å². The molecule has 0 unspecified atom stereocenters. The summed E-state index contributed by atoms with van der Waals surface area (Å²) in [4.78, 5) is 23.6. The first-order valence-electron chi connectivity index (χ1n) is 8.89. The molecule has 0 radical (unpaired) electrons. The van der Waals surface area contributed by atoms with Crippen LogP contribution in [0, 0.1) is 5.82 Å². The molecule has 2 aromatic carbocycles. The number of hydrogen-bond donors (Lipinski definition) is 0. The molecule has 0 atom stereocenters. The van der Waals surface area contributed by atoms with Crippen LogP contribution in [0.2, 0.25) is 0 Å². The van der Waals surface area contributed by atoms with Crippen LogP contribution >= 0.6 is 11.3 Å². The van der Waals surface area contributed by atoms with Gasteiger partial charge in [-0.25, -0.2) is 17.8 Å². The summed E-state index contributed by atoms with van der Waals surface area (Å²) in [6.45, 7) is 0.163. The molecule has 0 spiro atoms. The molecule has 0 saturated carbocycles. The van der Waals surface area contributed by atoms with E-state index in [4.69, 9.17) is 0 Å². The van der Waals surface area contributed by atoms with Crippen molar-refractivity contribution in [3.05, 3.63) is 83.9 Å². The molecule has 0 aliphatic carbocycles. The molecular formula is C21H16FN3O3S2. The van der Waals surface area contributed by atoms with Crippen LogP contribution in [0.1, 0.15) is 16.1 Å². The van der Waals surface area contributed by atoms with Crippen molar-refractivity contribution >= 4 is 42.4 Å². The van der Waals surface area contributed by atoms with Crippen LogP contribution in [-0.4, -0.2) is 30.5 Å². The average Bonchev–Trinajstić information content (AvgIpc) is 3.14. The minimum absolute atomic E-state index is 0.130. The zero-order chi connectivity index (χ0) is 21.3. The van der Waals surface area contributed by atoms with E-state index >= 15 is 0 Å². The van der Waals surface area contributed by atoms with Crippen molar-refractivity contribution in [2.45, 2.75) is 11.4 Å². The number of amides is 1. The van der Waals surface area contributed by atoms with Gasteiger partial charge in [-0.05, 0) is 54.6 Å². The van der Waals surface area contributed by atoms with Crippen molar-refractivity contribution in [3.63, 3.8) is 0 Å². The van der Waals surface area contributed by atoms with Gasteiger partial charge in [0.1, 0.15) is 5.82 Å². The van der Waals surface area contributed by atoms with Crippen LogP contribution in [0.25, 0.3) is 10.2 Å². The summed E-state index contributed by atoms with van der Waals surface area (Å²) in [5.74, 6) is -0.739. The van der Waals surface area contributed by atoms with Crippen LogP contribution in [0.15, 0.2) is 71.8 Å². The van der Waals surface area contributed by atoms with Crippen LogP contribution in [0.3, 0.4) is 0 Å². The number of pyridine rings is 1. The van der Waals surface area contributed by atoms with Crippen molar-refractivity contribution in [2.75, 3.05) is 11.2 Å². The van der Waals surface area contributed by atoms with E-state index in [0.29, 0.717) is 26.6 Å². The molecular weight excluding hydrogens is 425 g/mol. The standard InChI is InChI=1S/C21H16FN3O3S2/c1-30(27,28)17-8-5-14(6-9-17)20(26)25(13-16-4-2-3-11-23-16)21-24-18-10-7-15(22)12-19(18)29-21/h2-12H,13H2,1H3. The number of rotatable bonds is 5. The first kappa shape index (κ1) is 20.1. The van der Waals surface area contributed by atoms with Crippen molar-refractivity contribution < 1.29 is 17.6 Å². The van der Waals surface area contributed by atoms with E-state index in [1.165, 1.54) is 52.6 Å². The maximum Gasteiger partial charge on any atom is 0.260 e. The van der Waals surface area contributed by atoms with Crippen molar-refractivity contribution in [3.8, 4) is 0 Å². The molecule has 4 rings (SSSR count). The fourth-order valence-electron chi connectivity index (χ4n) is 2.88. The Morgan fingerprint density at radius 1 is 1.10 bits per heavy atom. The van der Waals surface area contributed by atoms with E-state index in [-0.39, 0.29) is 23.2 Å². The highest BCUT2D eigenvalue weighted by molar-refractivity contribution is 7.90. The smallest absolute Gasteiger partial charge is 0.260 e. The topological polar surface area (TPSA) is 80.2 Å². The number of fused-ring (bicyclic) bond motifs is 1. The molecule has 2 aromatic heterocycles. The fourth-order valence-corrected chi connectivity index (χ4v) is 4.50. The summed E-state index contributed by atoms with van der Waals surface area (Å²) in [6, 6.07) is 15.4. The summed E-state index contributed by atoms with van der Waals surface area (Å²) in [5.41, 5.74) is 1.55. The Balaban J connectivity index is 1.75. The summed E-state index contributed by atoms with van der Waals surface area (Å²) in [5, 5.41) is 0.401. The molecule has 0 aliphatic heterocycles. The number of thiazole rings is 1. The van der Waals surface area contributed by atoms with E-state index < -0.39 is 9.84 Å². The third kappa shape index (κ3) is 4.22. The van der Waals surface area contributed by atoms with E-state index in [1.807, 2.05) is 6.07 Å². The van der Waals surface area contributed by atoms with Gasteiger partial charge in [0.25, 0.3) is 5.91 Å². The number of hydrogen-bond acceptors (Lipinski definition) is 6. The lowest BCUT2D eigenvalue weighted by Crippen LogP contribution is -2.30. The Kier molecular flexibility index (Phi) is 5.31. The number of carbonyl (C=O) groups excluding carboxylic acids is 1. The summed E-state index contributed by atoms with van der Waals surface area (Å²) in [6.07, 6.45) is 2.74. The number of halogens is 1. The second kappa shape index (κ2) is 7.92. The Morgan fingerprint density at radius 2 is 1.87 bits per heavy atom. The zero-order valence-electron chi connectivity index (χ0n) is 15.8. The first-order chi connectivity index (χ1) is 14.3. The van der Waals surface area contributed by atoms with Gasteiger partial charge in [0.15, 0.2) is 15.0 Å². The number of sulfone groups is 1. The number of benzene rings is 2. The summed E-state index contributed by atoms with van der Waals surface area (Å²) >= 11 is 1.20. The second-order valence-electron chi connectivity index (χ2n) is 6.62.